The van der Waals surface area contributed by atoms with Crippen LogP contribution in [0.15, 0.2) is 123 Å². The van der Waals surface area contributed by atoms with Crippen molar-refractivity contribution in [1.82, 2.24) is 9.97 Å². The zero-order chi connectivity index (χ0) is 46.7. The van der Waals surface area contributed by atoms with E-state index in [9.17, 15) is 45.1 Å². The number of benzene rings is 2. The Morgan fingerprint density at radius 3 is 1.74 bits per heavy atom. The molecular weight excluding hydrogens is 924 g/mol. The summed E-state index contributed by atoms with van der Waals surface area (Å²) in [5.41, 5.74) is 7.29. The number of anilines is 1. The summed E-state index contributed by atoms with van der Waals surface area (Å²) in [7, 11) is 2.14. The number of nitrogens with zero attached hydrogens (tertiary/aromatic N) is 10. The summed E-state index contributed by atoms with van der Waals surface area (Å²) in [6.07, 6.45) is 14.4. The number of aryl methyl sites for hydroxylation is 1. The van der Waals surface area contributed by atoms with E-state index in [1.807, 2.05) is 18.2 Å². The monoisotopic (exact) mass is 966 g/mol. The molecule has 0 amide bonds. The van der Waals surface area contributed by atoms with Crippen LogP contribution in [0.2, 0.25) is 0 Å². The number of aromatic nitrogens is 2. The van der Waals surface area contributed by atoms with Crippen molar-refractivity contribution in [1.29, 1.82) is 0 Å². The summed E-state index contributed by atoms with van der Waals surface area (Å²) in [6.45, 7) is 12.8. The van der Waals surface area contributed by atoms with E-state index < -0.39 is 9.85 Å². The summed E-state index contributed by atoms with van der Waals surface area (Å²) in [6, 6.07) is 12.7. The van der Waals surface area contributed by atoms with Crippen molar-refractivity contribution in [3.63, 3.8) is 0 Å². The fourth-order valence-corrected chi connectivity index (χ4v) is 7.57. The molecule has 4 aromatic rings. The molecule has 7 rings (SSSR count). The van der Waals surface area contributed by atoms with Gasteiger partial charge in [-0.3, -0.25) is 40.0 Å². The van der Waals surface area contributed by atoms with Crippen LogP contribution >= 0.6 is 22.7 Å². The van der Waals surface area contributed by atoms with Crippen LogP contribution in [-0.2, 0) is 31.8 Å². The van der Waals surface area contributed by atoms with Crippen molar-refractivity contribution < 1.29 is 56.1 Å². The fraction of sp³-hybridized carbons (Fsp3) is 0.233. The minimum absolute atomic E-state index is 0. The Labute approximate surface area is 390 Å². The van der Waals surface area contributed by atoms with Crippen LogP contribution in [0, 0.1) is 27.2 Å². The molecule has 3 N–H and O–H groups in total. The first-order valence-electron chi connectivity index (χ1n) is 19.5. The topological polar surface area (TPSA) is 265 Å². The SMILES string of the molecule is CCN(CC)c1ccc(/C=C/C2=[N+](C)c3ccc(C)cc3C2(C)CC)c(O)c1.O=C1C=CC(=NN=c2[n-]cc([N+](=O)[O-])s2)C(O)=C1.O=C1C=CC(=NN=c2[n-]cc([N+](=O)[O-])s2)C(O)=C1.[Co]. The van der Waals surface area contributed by atoms with Crippen molar-refractivity contribution in [2.75, 3.05) is 25.0 Å². The average Bonchev–Trinajstić information content (AvgIpc) is 3.99. The van der Waals surface area contributed by atoms with Crippen molar-refractivity contribution in [2.45, 2.75) is 46.5 Å². The normalized spacial score (nSPS) is 18.2. The summed E-state index contributed by atoms with van der Waals surface area (Å²) >= 11 is 1.51. The van der Waals surface area contributed by atoms with Crippen LogP contribution in [0.25, 0.3) is 6.08 Å². The standard InChI is InChI=1S/C25H32N2O.2C9H6N4O4S.Co/c1-7-25(5)21-16-18(4)10-14-22(21)26(6)24(25)15-12-19-11-13-20(17-23(19)28)27(8-2)9-3;2*14-5-1-2-6(7(15)3-5)11-12-9-10-4-8(18-9)13(16)17;/h10-17H,7-9H2,1-6H3;2*1-4H,(H2,10,12,14,15);/p-1. The van der Waals surface area contributed by atoms with E-state index >= 15 is 0 Å². The second-order valence-corrected chi connectivity index (χ2v) is 16.1. The number of rotatable bonds is 10. The summed E-state index contributed by atoms with van der Waals surface area (Å²) in [5, 5.41) is 64.4. The molecule has 1 aliphatic heterocycles. The van der Waals surface area contributed by atoms with E-state index in [0.717, 1.165) is 78.0 Å². The van der Waals surface area contributed by atoms with Crippen molar-refractivity contribution in [2.24, 2.45) is 20.4 Å². The maximum atomic E-state index is 10.9. The molecule has 65 heavy (non-hydrogen) atoms. The van der Waals surface area contributed by atoms with Crippen molar-refractivity contribution in [3.8, 4) is 5.75 Å². The zero-order valence-corrected chi connectivity index (χ0v) is 38.4. The smallest absolute Gasteiger partial charge is 0.319 e. The average molecular weight is 967 g/mol. The third-order valence-corrected chi connectivity index (χ3v) is 11.7. The van der Waals surface area contributed by atoms with Gasteiger partial charge in [0.05, 0.1) is 15.3 Å². The Bertz CT molecular complexity index is 2780. The number of ketones is 2. The Morgan fingerprint density at radius 2 is 1.31 bits per heavy atom. The van der Waals surface area contributed by atoms with Crippen molar-refractivity contribution >= 4 is 78.8 Å². The van der Waals surface area contributed by atoms with Crippen LogP contribution in [0.3, 0.4) is 0 Å². The number of allylic oxidation sites excluding steroid dienone is 7. The van der Waals surface area contributed by atoms with E-state index in [0.29, 0.717) is 5.75 Å². The molecule has 0 spiro atoms. The van der Waals surface area contributed by atoms with Crippen LogP contribution in [-0.4, -0.2) is 78.6 Å². The van der Waals surface area contributed by atoms with Crippen LogP contribution in [0.4, 0.5) is 21.4 Å². The van der Waals surface area contributed by atoms with Gasteiger partial charge in [-0.15, -0.1) is 0 Å². The molecule has 0 saturated heterocycles. The molecule has 19 nitrogen and oxygen atoms in total. The Hall–Kier alpha value is -7.14. The molecule has 2 aliphatic carbocycles. The number of aliphatic hydroxyl groups is 2. The predicted octanol–water partition coefficient (Wildman–Crippen LogP) is 6.56. The van der Waals surface area contributed by atoms with Crippen molar-refractivity contribution in [3.05, 3.63) is 149 Å². The van der Waals surface area contributed by atoms with Gasteiger partial charge in [-0.2, -0.15) is 4.58 Å². The predicted molar refractivity (Wildman–Crippen MR) is 245 cm³/mol. The minimum Gasteiger partial charge on any atom is -0.507 e. The molecule has 3 aliphatic rings. The first-order valence-corrected chi connectivity index (χ1v) is 21.1. The Morgan fingerprint density at radius 1 is 0.785 bits per heavy atom. The van der Waals surface area contributed by atoms with Gasteiger partial charge in [0.2, 0.25) is 5.69 Å². The second kappa shape index (κ2) is 22.5. The first kappa shape index (κ1) is 50.5. The molecule has 3 heterocycles. The quantitative estimate of drug-likeness (QED) is 0.0661. The molecule has 0 bridgehead atoms. The number of carbonyl (C=O) groups excluding carboxylic acids is 2. The molecule has 22 heteroatoms. The number of nitro groups is 2. The maximum absolute atomic E-state index is 10.9. The number of phenols is 1. The van der Waals surface area contributed by atoms with Gasteiger partial charge in [-0.1, -0.05) is 41.2 Å². The van der Waals surface area contributed by atoms with E-state index in [-0.39, 0.29) is 76.3 Å². The number of aliphatic hydroxyl groups excluding tert-OH is 2. The number of phenolic OH excluding ortho intramolecular Hbond substituents is 1. The van der Waals surface area contributed by atoms with E-state index in [1.54, 1.807) is 0 Å². The summed E-state index contributed by atoms with van der Waals surface area (Å²) in [5.74, 6) is -0.990. The number of hydrogen-bond acceptors (Lipinski definition) is 16. The van der Waals surface area contributed by atoms with Gasteiger partial charge >= 0.3 is 10.0 Å². The van der Waals surface area contributed by atoms with Crippen LogP contribution < -0.4 is 24.5 Å². The molecule has 341 valence electrons. The molecule has 1 radical (unpaired) electrons. The molecule has 0 saturated carbocycles. The summed E-state index contributed by atoms with van der Waals surface area (Å²) < 4.78 is 2.29. The summed E-state index contributed by atoms with van der Waals surface area (Å²) in [4.78, 5) is 51.2. The molecule has 2 aromatic carbocycles. The van der Waals surface area contributed by atoms with Gasteiger partial charge in [-0.25, -0.2) is 0 Å². The molecule has 2 aromatic heterocycles. The third-order valence-electron chi connectivity index (χ3n) is 10.0. The van der Waals surface area contributed by atoms with E-state index in [2.05, 4.69) is 112 Å². The second-order valence-electron chi connectivity index (χ2n) is 14.1. The van der Waals surface area contributed by atoms with Gasteiger partial charge in [-0.05, 0) is 82.7 Å². The van der Waals surface area contributed by atoms with Crippen LogP contribution in [0.1, 0.15) is 50.8 Å². The van der Waals surface area contributed by atoms with Gasteiger partial charge < -0.3 is 40.4 Å². The number of aromatic hydroxyl groups is 1. The van der Waals surface area contributed by atoms with Gasteiger partial charge in [0.15, 0.2) is 17.3 Å². The van der Waals surface area contributed by atoms with Gasteiger partial charge in [0.1, 0.15) is 35.7 Å². The number of fused-ring (bicyclic) bond motifs is 1. The number of thiazole rings is 2. The third kappa shape index (κ3) is 12.5. The van der Waals surface area contributed by atoms with Gasteiger partial charge in [0.25, 0.3) is 0 Å². The molecule has 1 unspecified atom stereocenters. The largest absolute Gasteiger partial charge is 0.507 e. The molecular formula is C43H43CoN10O9S2-. The van der Waals surface area contributed by atoms with Crippen LogP contribution in [0.5, 0.6) is 5.75 Å². The number of carbonyl (C=O) groups is 2. The maximum Gasteiger partial charge on any atom is 0.319 e. The van der Waals surface area contributed by atoms with Gasteiger partial charge in [0, 0.05) is 99.0 Å². The molecule has 0 fully saturated rings. The molecule has 1 atom stereocenters. The van der Waals surface area contributed by atoms with E-state index in [4.69, 9.17) is 0 Å². The zero-order valence-electron chi connectivity index (χ0n) is 35.8. The Balaban J connectivity index is 0.000000220. The minimum atomic E-state index is -0.583. The fourth-order valence-electron chi connectivity index (χ4n) is 6.46. The van der Waals surface area contributed by atoms with E-state index in [1.165, 1.54) is 46.8 Å². The Kier molecular flexibility index (Phi) is 17.5. The first-order chi connectivity index (χ1) is 30.5. The number of hydrogen-bond donors (Lipinski definition) is 3.